The third-order valence-electron chi connectivity index (χ3n) is 4.23. The molecular weight excluding hydrogens is 334 g/mol. The number of aliphatic hydroxyl groups is 1. The normalized spacial score (nSPS) is 10.7. The van der Waals surface area contributed by atoms with E-state index in [1.807, 2.05) is 31.2 Å². The zero-order valence-electron chi connectivity index (χ0n) is 14.4. The van der Waals surface area contributed by atoms with Gasteiger partial charge in [-0.3, -0.25) is 9.78 Å². The van der Waals surface area contributed by atoms with Crippen LogP contribution in [-0.2, 0) is 0 Å². The second-order valence-electron chi connectivity index (χ2n) is 5.78. The Hall–Kier alpha value is -3.32. The Morgan fingerprint density at radius 2 is 2.00 bits per heavy atom. The van der Waals surface area contributed by atoms with Gasteiger partial charge in [-0.05, 0) is 24.6 Å². The number of rotatable bonds is 5. The number of aromatic hydroxyl groups is 1. The molecule has 0 fully saturated rings. The summed E-state index contributed by atoms with van der Waals surface area (Å²) in [5.74, 6) is -0.581. The fourth-order valence-electron chi connectivity index (χ4n) is 2.97. The summed E-state index contributed by atoms with van der Waals surface area (Å²) in [7, 11) is 1.43. The highest BCUT2D eigenvalue weighted by Gasteiger charge is 2.22. The Bertz CT molecular complexity index is 988. The summed E-state index contributed by atoms with van der Waals surface area (Å²) >= 11 is 0. The van der Waals surface area contributed by atoms with E-state index in [9.17, 15) is 15.0 Å². The average Bonchev–Trinajstić information content (AvgIpc) is 2.62. The predicted octanol–water partition coefficient (Wildman–Crippen LogP) is 2.44. The summed E-state index contributed by atoms with van der Waals surface area (Å²) in [5.41, 5.74) is 8.21. The highest BCUT2D eigenvalue weighted by Crippen LogP contribution is 2.37. The monoisotopic (exact) mass is 353 g/mol. The van der Waals surface area contributed by atoms with E-state index in [0.29, 0.717) is 16.6 Å². The zero-order chi connectivity index (χ0) is 18.8. The minimum Gasteiger partial charge on any atom is -0.504 e. The number of para-hydroxylation sites is 1. The lowest BCUT2D eigenvalue weighted by molar-refractivity contribution is 0.100. The lowest BCUT2D eigenvalue weighted by Crippen LogP contribution is -2.24. The molecule has 7 heteroatoms. The molecule has 3 rings (SSSR count). The summed E-state index contributed by atoms with van der Waals surface area (Å²) in [6.07, 6.45) is 1.47. The molecule has 0 radical (unpaired) electrons. The standard InChI is InChI=1S/C19H19N3O4/c1-11-5-3-4-6-14(11)22(10-23)15-9-21-13-8-17(26-2)16(24)7-12(13)18(15)19(20)25/h3-9,23-24H,10H2,1-2H3,(H2,20,25). The third-order valence-corrected chi connectivity index (χ3v) is 4.23. The number of fused-ring (bicyclic) bond motifs is 1. The molecule has 4 N–H and O–H groups in total. The van der Waals surface area contributed by atoms with E-state index < -0.39 is 5.91 Å². The number of aryl methyl sites for hydroxylation is 1. The molecule has 2 aromatic carbocycles. The van der Waals surface area contributed by atoms with Gasteiger partial charge in [0.1, 0.15) is 6.73 Å². The van der Waals surface area contributed by atoms with E-state index >= 15 is 0 Å². The van der Waals surface area contributed by atoms with Crippen molar-refractivity contribution < 1.29 is 19.7 Å². The number of phenols is 1. The molecule has 0 saturated carbocycles. The number of methoxy groups -OCH3 is 1. The second-order valence-corrected chi connectivity index (χ2v) is 5.78. The molecular formula is C19H19N3O4. The van der Waals surface area contributed by atoms with Gasteiger partial charge in [-0.15, -0.1) is 0 Å². The van der Waals surface area contributed by atoms with Crippen molar-refractivity contribution in [3.8, 4) is 11.5 Å². The van der Waals surface area contributed by atoms with Crippen LogP contribution in [0.4, 0.5) is 11.4 Å². The quantitative estimate of drug-likeness (QED) is 0.608. The van der Waals surface area contributed by atoms with Crippen molar-refractivity contribution in [2.45, 2.75) is 6.92 Å². The number of amides is 1. The number of pyridine rings is 1. The number of carbonyl (C=O) groups excluding carboxylic acids is 1. The maximum atomic E-state index is 12.2. The van der Waals surface area contributed by atoms with Crippen LogP contribution in [0.3, 0.4) is 0 Å². The third kappa shape index (κ3) is 2.89. The van der Waals surface area contributed by atoms with Crippen molar-refractivity contribution in [2.75, 3.05) is 18.7 Å². The van der Waals surface area contributed by atoms with Crippen LogP contribution in [0.5, 0.6) is 11.5 Å². The molecule has 0 bridgehead atoms. The highest BCUT2D eigenvalue weighted by molar-refractivity contribution is 6.11. The van der Waals surface area contributed by atoms with E-state index in [2.05, 4.69) is 4.98 Å². The Labute approximate surface area is 150 Å². The zero-order valence-corrected chi connectivity index (χ0v) is 14.4. The summed E-state index contributed by atoms with van der Waals surface area (Å²) < 4.78 is 5.08. The van der Waals surface area contributed by atoms with E-state index in [1.54, 1.807) is 4.90 Å². The van der Waals surface area contributed by atoms with Crippen LogP contribution >= 0.6 is 0 Å². The van der Waals surface area contributed by atoms with E-state index in [0.717, 1.165) is 11.3 Å². The van der Waals surface area contributed by atoms with Gasteiger partial charge >= 0.3 is 0 Å². The maximum Gasteiger partial charge on any atom is 0.251 e. The fraction of sp³-hybridized carbons (Fsp3) is 0.158. The first-order valence-electron chi connectivity index (χ1n) is 7.91. The van der Waals surface area contributed by atoms with Crippen molar-refractivity contribution >= 4 is 28.2 Å². The molecule has 26 heavy (non-hydrogen) atoms. The molecule has 0 saturated heterocycles. The largest absolute Gasteiger partial charge is 0.504 e. The molecule has 3 aromatic rings. The number of benzene rings is 2. The first kappa shape index (κ1) is 17.5. The molecule has 134 valence electrons. The SMILES string of the molecule is COc1cc2ncc(N(CO)c3ccccc3C)c(C(N)=O)c2cc1O. The van der Waals surface area contributed by atoms with Gasteiger partial charge in [-0.2, -0.15) is 0 Å². The minimum absolute atomic E-state index is 0.132. The smallest absolute Gasteiger partial charge is 0.251 e. The summed E-state index contributed by atoms with van der Waals surface area (Å²) in [6, 6.07) is 10.3. The Kier molecular flexibility index (Phi) is 4.64. The summed E-state index contributed by atoms with van der Waals surface area (Å²) in [4.78, 5) is 18.1. The predicted molar refractivity (Wildman–Crippen MR) is 98.9 cm³/mol. The fourth-order valence-corrected chi connectivity index (χ4v) is 2.97. The Morgan fingerprint density at radius 1 is 1.27 bits per heavy atom. The topological polar surface area (TPSA) is 109 Å². The number of phenolic OH excluding ortho intramolecular Hbond substituents is 1. The number of primary amides is 1. The molecule has 0 aliphatic rings. The molecule has 0 atom stereocenters. The van der Waals surface area contributed by atoms with Crippen LogP contribution in [0.15, 0.2) is 42.6 Å². The highest BCUT2D eigenvalue weighted by atomic mass is 16.5. The van der Waals surface area contributed by atoms with Crippen LogP contribution in [0.2, 0.25) is 0 Å². The number of ether oxygens (including phenoxy) is 1. The maximum absolute atomic E-state index is 12.2. The van der Waals surface area contributed by atoms with Gasteiger partial charge in [0.15, 0.2) is 11.5 Å². The number of hydrogen-bond donors (Lipinski definition) is 3. The average molecular weight is 353 g/mol. The lowest BCUT2D eigenvalue weighted by atomic mass is 10.0. The number of carbonyl (C=O) groups is 1. The molecule has 0 aliphatic heterocycles. The lowest BCUT2D eigenvalue weighted by Gasteiger charge is -2.26. The molecule has 7 nitrogen and oxygen atoms in total. The minimum atomic E-state index is -0.691. The second kappa shape index (κ2) is 6.89. The number of nitrogens with two attached hydrogens (primary N) is 1. The van der Waals surface area contributed by atoms with Gasteiger partial charge in [0, 0.05) is 17.1 Å². The number of aliphatic hydroxyl groups excluding tert-OH is 1. The van der Waals surface area contributed by atoms with E-state index in [1.165, 1.54) is 25.4 Å². The van der Waals surface area contributed by atoms with Crippen LogP contribution < -0.4 is 15.4 Å². The van der Waals surface area contributed by atoms with Crippen LogP contribution in [0.25, 0.3) is 10.9 Å². The summed E-state index contributed by atoms with van der Waals surface area (Å²) in [6.45, 7) is 1.52. The number of anilines is 2. The first-order valence-corrected chi connectivity index (χ1v) is 7.91. The van der Waals surface area contributed by atoms with Gasteiger partial charge in [0.05, 0.1) is 30.1 Å². The number of nitrogens with zero attached hydrogens (tertiary/aromatic N) is 2. The molecule has 1 aromatic heterocycles. The van der Waals surface area contributed by atoms with E-state index in [4.69, 9.17) is 10.5 Å². The number of aromatic nitrogens is 1. The van der Waals surface area contributed by atoms with Crippen molar-refractivity contribution in [1.82, 2.24) is 4.98 Å². The first-order chi connectivity index (χ1) is 12.5. The Balaban J connectivity index is 2.30. The molecule has 0 unspecified atom stereocenters. The molecule has 1 heterocycles. The molecule has 0 aliphatic carbocycles. The van der Waals surface area contributed by atoms with Crippen molar-refractivity contribution in [2.24, 2.45) is 5.73 Å². The Morgan fingerprint density at radius 3 is 2.62 bits per heavy atom. The van der Waals surface area contributed by atoms with Gasteiger partial charge in [-0.25, -0.2) is 0 Å². The van der Waals surface area contributed by atoms with Gasteiger partial charge in [0.25, 0.3) is 5.91 Å². The van der Waals surface area contributed by atoms with Crippen LogP contribution in [0, 0.1) is 6.92 Å². The van der Waals surface area contributed by atoms with Gasteiger partial charge < -0.3 is 25.6 Å². The molecule has 1 amide bonds. The molecule has 0 spiro atoms. The van der Waals surface area contributed by atoms with Gasteiger partial charge in [-0.1, -0.05) is 18.2 Å². The van der Waals surface area contributed by atoms with E-state index in [-0.39, 0.29) is 23.8 Å². The summed E-state index contributed by atoms with van der Waals surface area (Å²) in [5, 5.41) is 20.4. The van der Waals surface area contributed by atoms with Gasteiger partial charge in [0.2, 0.25) is 0 Å². The van der Waals surface area contributed by atoms with Crippen LogP contribution in [-0.4, -0.2) is 34.9 Å². The van der Waals surface area contributed by atoms with Crippen molar-refractivity contribution in [3.05, 3.63) is 53.7 Å². The number of hydrogen-bond acceptors (Lipinski definition) is 6. The van der Waals surface area contributed by atoms with Crippen molar-refractivity contribution in [3.63, 3.8) is 0 Å². The van der Waals surface area contributed by atoms with Crippen LogP contribution in [0.1, 0.15) is 15.9 Å². The van der Waals surface area contributed by atoms with Crippen molar-refractivity contribution in [1.29, 1.82) is 0 Å².